The second kappa shape index (κ2) is 5.12. The average molecular weight is 258 g/mol. The van der Waals surface area contributed by atoms with Crippen molar-refractivity contribution in [3.05, 3.63) is 34.3 Å². The number of ether oxygens (including phenoxy) is 1. The van der Waals surface area contributed by atoms with Gasteiger partial charge < -0.3 is 10.5 Å². The van der Waals surface area contributed by atoms with Crippen molar-refractivity contribution in [2.75, 3.05) is 0 Å². The van der Waals surface area contributed by atoms with Crippen molar-refractivity contribution >= 4 is 21.9 Å². The number of nitrogens with two attached hydrogens (primary N) is 1. The van der Waals surface area contributed by atoms with Crippen LogP contribution in [0.5, 0.6) is 0 Å². The first-order valence-corrected chi connectivity index (χ1v) is 5.05. The number of rotatable bonds is 3. The lowest BCUT2D eigenvalue weighted by Gasteiger charge is -2.07. The molecule has 0 aromatic heterocycles. The average Bonchev–Trinajstić information content (AvgIpc) is 2.14. The standard InChI is InChI=1S/C10H12BrNO2/c1-7(12)10(13)14-6-8-3-2-4-9(11)5-8/h2-5,7H,6,12H2,1H3. The molecule has 1 aromatic carbocycles. The van der Waals surface area contributed by atoms with E-state index in [1.54, 1.807) is 6.92 Å². The topological polar surface area (TPSA) is 52.3 Å². The van der Waals surface area contributed by atoms with Gasteiger partial charge in [-0.05, 0) is 24.6 Å². The van der Waals surface area contributed by atoms with E-state index in [2.05, 4.69) is 15.9 Å². The molecule has 0 spiro atoms. The van der Waals surface area contributed by atoms with Gasteiger partial charge in [0.15, 0.2) is 0 Å². The highest BCUT2D eigenvalue weighted by molar-refractivity contribution is 9.10. The molecule has 3 nitrogen and oxygen atoms in total. The number of hydrogen-bond acceptors (Lipinski definition) is 3. The molecule has 0 amide bonds. The van der Waals surface area contributed by atoms with E-state index in [0.29, 0.717) is 0 Å². The zero-order chi connectivity index (χ0) is 10.6. The predicted octanol–water partition coefficient (Wildman–Crippen LogP) is 1.84. The maximum atomic E-state index is 11.0. The van der Waals surface area contributed by atoms with Crippen molar-refractivity contribution in [1.29, 1.82) is 0 Å². The van der Waals surface area contributed by atoms with Gasteiger partial charge in [-0.3, -0.25) is 4.79 Å². The Hall–Kier alpha value is -0.870. The van der Waals surface area contributed by atoms with Gasteiger partial charge in [0.05, 0.1) is 0 Å². The van der Waals surface area contributed by atoms with Gasteiger partial charge in [0.25, 0.3) is 0 Å². The molecule has 1 rings (SSSR count). The molecule has 1 aromatic rings. The predicted molar refractivity (Wildman–Crippen MR) is 57.6 cm³/mol. The van der Waals surface area contributed by atoms with Gasteiger partial charge in [-0.15, -0.1) is 0 Å². The number of benzene rings is 1. The van der Waals surface area contributed by atoms with Crippen LogP contribution in [0.3, 0.4) is 0 Å². The number of halogens is 1. The minimum Gasteiger partial charge on any atom is -0.460 e. The van der Waals surface area contributed by atoms with Gasteiger partial charge >= 0.3 is 5.97 Å². The van der Waals surface area contributed by atoms with Crippen LogP contribution in [-0.2, 0) is 16.1 Å². The Bertz CT molecular complexity index is 326. The molecule has 14 heavy (non-hydrogen) atoms. The summed E-state index contributed by atoms with van der Waals surface area (Å²) in [5.41, 5.74) is 6.28. The van der Waals surface area contributed by atoms with Gasteiger partial charge in [0, 0.05) is 4.47 Å². The van der Waals surface area contributed by atoms with Crippen molar-refractivity contribution in [3.8, 4) is 0 Å². The molecule has 1 atom stereocenters. The van der Waals surface area contributed by atoms with E-state index in [-0.39, 0.29) is 12.6 Å². The second-order valence-electron chi connectivity index (χ2n) is 3.03. The van der Waals surface area contributed by atoms with E-state index in [0.717, 1.165) is 10.0 Å². The van der Waals surface area contributed by atoms with Gasteiger partial charge in [-0.25, -0.2) is 0 Å². The summed E-state index contributed by atoms with van der Waals surface area (Å²) in [6.07, 6.45) is 0. The second-order valence-corrected chi connectivity index (χ2v) is 3.94. The minimum absolute atomic E-state index is 0.264. The summed E-state index contributed by atoms with van der Waals surface area (Å²) in [4.78, 5) is 11.0. The van der Waals surface area contributed by atoms with E-state index >= 15 is 0 Å². The summed E-state index contributed by atoms with van der Waals surface area (Å²) in [7, 11) is 0. The molecule has 0 bridgehead atoms. The van der Waals surface area contributed by atoms with Crippen LogP contribution < -0.4 is 5.73 Å². The molecule has 0 aliphatic carbocycles. The summed E-state index contributed by atoms with van der Waals surface area (Å²) in [5, 5.41) is 0. The quantitative estimate of drug-likeness (QED) is 0.841. The lowest BCUT2D eigenvalue weighted by molar-refractivity contribution is -0.146. The van der Waals surface area contributed by atoms with Crippen molar-refractivity contribution in [2.24, 2.45) is 5.73 Å². The Morgan fingerprint density at radius 1 is 1.64 bits per heavy atom. The molecule has 76 valence electrons. The molecule has 4 heteroatoms. The molecule has 1 unspecified atom stereocenters. The number of esters is 1. The first-order chi connectivity index (χ1) is 6.59. The summed E-state index contributed by atoms with van der Waals surface area (Å²) in [6.45, 7) is 1.86. The van der Waals surface area contributed by atoms with Crippen molar-refractivity contribution in [3.63, 3.8) is 0 Å². The van der Waals surface area contributed by atoms with Gasteiger partial charge in [-0.2, -0.15) is 0 Å². The zero-order valence-corrected chi connectivity index (χ0v) is 9.45. The third kappa shape index (κ3) is 3.47. The number of carbonyl (C=O) groups is 1. The highest BCUT2D eigenvalue weighted by atomic mass is 79.9. The van der Waals surface area contributed by atoms with Crippen LogP contribution in [-0.4, -0.2) is 12.0 Å². The van der Waals surface area contributed by atoms with Crippen LogP contribution in [0, 0.1) is 0 Å². The Morgan fingerprint density at radius 2 is 2.36 bits per heavy atom. The third-order valence-corrected chi connectivity index (χ3v) is 2.14. The molecule has 0 radical (unpaired) electrons. The zero-order valence-electron chi connectivity index (χ0n) is 7.87. The minimum atomic E-state index is -0.567. The summed E-state index contributed by atoms with van der Waals surface area (Å²) >= 11 is 3.33. The summed E-state index contributed by atoms with van der Waals surface area (Å²) in [5.74, 6) is -0.384. The Balaban J connectivity index is 2.50. The lowest BCUT2D eigenvalue weighted by Crippen LogP contribution is -2.28. The first-order valence-electron chi connectivity index (χ1n) is 4.26. The summed E-state index contributed by atoms with van der Waals surface area (Å²) in [6, 6.07) is 7.02. The van der Waals surface area contributed by atoms with Gasteiger partial charge in [0.2, 0.25) is 0 Å². The monoisotopic (exact) mass is 257 g/mol. The van der Waals surface area contributed by atoms with Crippen molar-refractivity contribution in [1.82, 2.24) is 0 Å². The van der Waals surface area contributed by atoms with Crippen LogP contribution in [0.15, 0.2) is 28.7 Å². The molecule has 0 aliphatic rings. The highest BCUT2D eigenvalue weighted by Crippen LogP contribution is 2.12. The Labute approximate surface area is 91.4 Å². The lowest BCUT2D eigenvalue weighted by atomic mass is 10.2. The smallest absolute Gasteiger partial charge is 0.322 e. The maximum Gasteiger partial charge on any atom is 0.322 e. The fourth-order valence-corrected chi connectivity index (χ4v) is 1.36. The van der Waals surface area contributed by atoms with Gasteiger partial charge in [0.1, 0.15) is 12.6 Å². The van der Waals surface area contributed by atoms with Crippen LogP contribution in [0.4, 0.5) is 0 Å². The SMILES string of the molecule is CC(N)C(=O)OCc1cccc(Br)c1. The summed E-state index contributed by atoms with van der Waals surface area (Å²) < 4.78 is 5.92. The van der Waals surface area contributed by atoms with E-state index in [4.69, 9.17) is 10.5 Å². The maximum absolute atomic E-state index is 11.0. The Morgan fingerprint density at radius 3 is 2.93 bits per heavy atom. The van der Waals surface area contributed by atoms with Crippen LogP contribution in [0.1, 0.15) is 12.5 Å². The molecule has 0 heterocycles. The van der Waals surface area contributed by atoms with Crippen LogP contribution in [0.2, 0.25) is 0 Å². The molecular formula is C10H12BrNO2. The normalized spacial score (nSPS) is 12.2. The van der Waals surface area contributed by atoms with Gasteiger partial charge in [-0.1, -0.05) is 28.1 Å². The van der Waals surface area contributed by atoms with E-state index in [1.165, 1.54) is 0 Å². The van der Waals surface area contributed by atoms with Crippen molar-refractivity contribution < 1.29 is 9.53 Å². The van der Waals surface area contributed by atoms with E-state index in [9.17, 15) is 4.79 Å². The Kier molecular flexibility index (Phi) is 4.10. The molecule has 0 saturated heterocycles. The van der Waals surface area contributed by atoms with Crippen LogP contribution >= 0.6 is 15.9 Å². The molecular weight excluding hydrogens is 246 g/mol. The van der Waals surface area contributed by atoms with E-state index < -0.39 is 6.04 Å². The highest BCUT2D eigenvalue weighted by Gasteiger charge is 2.08. The van der Waals surface area contributed by atoms with E-state index in [1.807, 2.05) is 24.3 Å². The largest absolute Gasteiger partial charge is 0.460 e. The molecule has 0 aliphatic heterocycles. The first kappa shape index (κ1) is 11.2. The fourth-order valence-electron chi connectivity index (χ4n) is 0.913. The fraction of sp³-hybridized carbons (Fsp3) is 0.300. The molecule has 0 saturated carbocycles. The number of carbonyl (C=O) groups excluding carboxylic acids is 1. The number of hydrogen-bond donors (Lipinski definition) is 1. The van der Waals surface area contributed by atoms with Crippen LogP contribution in [0.25, 0.3) is 0 Å². The molecule has 2 N–H and O–H groups in total. The van der Waals surface area contributed by atoms with Crippen molar-refractivity contribution in [2.45, 2.75) is 19.6 Å². The third-order valence-electron chi connectivity index (χ3n) is 1.64. The molecule has 0 fully saturated rings.